The van der Waals surface area contributed by atoms with E-state index in [9.17, 15) is 22.2 Å². The zero-order valence-electron chi connectivity index (χ0n) is 13.7. The number of ether oxygens (including phenoxy) is 2. The monoisotopic (exact) mass is 388 g/mol. The molecule has 6 nitrogen and oxygen atoms in total. The van der Waals surface area contributed by atoms with Crippen molar-refractivity contribution in [3.05, 3.63) is 53.6 Å². The molecule has 1 unspecified atom stereocenters. The molecule has 0 bridgehead atoms. The fraction of sp³-hybridized carbons (Fsp3) is 0.188. The summed E-state index contributed by atoms with van der Waals surface area (Å²) >= 11 is 0. The highest BCUT2D eigenvalue weighted by molar-refractivity contribution is 7.91. The topological polar surface area (TPSA) is 91.0 Å². The van der Waals surface area contributed by atoms with Gasteiger partial charge in [-0.3, -0.25) is 0 Å². The van der Waals surface area contributed by atoms with Crippen LogP contribution in [0.15, 0.2) is 51.7 Å². The van der Waals surface area contributed by atoms with Crippen molar-refractivity contribution >= 4 is 15.9 Å². The Bertz CT molecular complexity index is 934. The predicted molar refractivity (Wildman–Crippen MR) is 88.2 cm³/mol. The Morgan fingerprint density at radius 3 is 2.27 bits per heavy atom. The van der Waals surface area contributed by atoms with Crippen molar-refractivity contribution in [1.82, 2.24) is 0 Å². The van der Waals surface area contributed by atoms with E-state index in [1.54, 1.807) is 0 Å². The van der Waals surface area contributed by atoms with Crippen molar-refractivity contribution in [2.24, 2.45) is 9.50 Å². The summed E-state index contributed by atoms with van der Waals surface area (Å²) < 4.78 is 65.0. The second-order valence-electron chi connectivity index (χ2n) is 5.02. The van der Waals surface area contributed by atoms with Crippen LogP contribution < -0.4 is 9.88 Å². The normalized spacial score (nSPS) is 13.6. The zero-order chi connectivity index (χ0) is 19.5. The highest BCUT2D eigenvalue weighted by Gasteiger charge is 2.35. The van der Waals surface area contributed by atoms with Gasteiger partial charge in [0.25, 0.3) is 0 Å². The van der Waals surface area contributed by atoms with E-state index in [1.165, 1.54) is 31.3 Å². The Labute approximate surface area is 148 Å². The molecule has 2 rings (SSSR count). The molecule has 2 aromatic carbocycles. The molecule has 0 aliphatic heterocycles. The molecule has 10 heteroatoms. The maximum Gasteiger partial charge on any atom is 0.420 e. The second-order valence-corrected chi connectivity index (χ2v) is 7.00. The number of halogens is 3. The van der Waals surface area contributed by atoms with Crippen molar-refractivity contribution in [3.8, 4) is 11.5 Å². The molecule has 26 heavy (non-hydrogen) atoms. The van der Waals surface area contributed by atoms with Gasteiger partial charge < -0.3 is 9.47 Å². The summed E-state index contributed by atoms with van der Waals surface area (Å²) in [5, 5.41) is 5.51. The molecule has 2 aromatic rings. The van der Waals surface area contributed by atoms with Gasteiger partial charge in [0.2, 0.25) is 0 Å². The minimum Gasteiger partial charge on any atom is -0.465 e. The second kappa shape index (κ2) is 7.34. The fourth-order valence-electron chi connectivity index (χ4n) is 2.02. The molecule has 140 valence electrons. The van der Waals surface area contributed by atoms with E-state index in [4.69, 9.17) is 9.88 Å². The van der Waals surface area contributed by atoms with Gasteiger partial charge >= 0.3 is 12.1 Å². The van der Waals surface area contributed by atoms with Crippen LogP contribution in [-0.2, 0) is 20.8 Å². The Morgan fingerprint density at radius 1 is 1.15 bits per heavy atom. The fourth-order valence-corrected chi connectivity index (χ4v) is 2.76. The summed E-state index contributed by atoms with van der Waals surface area (Å²) in [7, 11) is -0.683. The van der Waals surface area contributed by atoms with Crippen LogP contribution in [0.5, 0.6) is 11.5 Å². The number of rotatable bonds is 4. The molecule has 0 spiro atoms. The van der Waals surface area contributed by atoms with Crippen LogP contribution in [0.2, 0.25) is 0 Å². The first-order valence-electron chi connectivity index (χ1n) is 7.09. The number of carbonyl (C=O) groups is 1. The Morgan fingerprint density at radius 2 is 1.77 bits per heavy atom. The van der Waals surface area contributed by atoms with E-state index >= 15 is 0 Å². The molecule has 0 radical (unpaired) electrons. The quantitative estimate of drug-likeness (QED) is 0.810. The van der Waals surface area contributed by atoms with E-state index in [0.717, 1.165) is 19.2 Å². The average Bonchev–Trinajstić information content (AvgIpc) is 2.61. The van der Waals surface area contributed by atoms with Crippen LogP contribution in [0.3, 0.4) is 0 Å². The third kappa shape index (κ3) is 4.33. The molecule has 0 heterocycles. The van der Waals surface area contributed by atoms with Crippen LogP contribution in [0.1, 0.15) is 15.9 Å². The minimum atomic E-state index is -4.74. The van der Waals surface area contributed by atoms with Crippen LogP contribution in [0.4, 0.5) is 13.2 Å². The highest BCUT2D eigenvalue weighted by atomic mass is 32.2. The van der Waals surface area contributed by atoms with Crippen molar-refractivity contribution in [1.29, 1.82) is 0 Å². The van der Waals surface area contributed by atoms with E-state index in [-0.39, 0.29) is 16.2 Å². The van der Waals surface area contributed by atoms with Gasteiger partial charge in [0.1, 0.15) is 21.4 Å². The number of nitrogens with two attached hydrogens (primary N) is 1. The van der Waals surface area contributed by atoms with E-state index < -0.39 is 33.4 Å². The summed E-state index contributed by atoms with van der Waals surface area (Å²) in [5.41, 5.74) is -1.38. The molecular weight excluding hydrogens is 373 g/mol. The smallest absolute Gasteiger partial charge is 0.420 e. The first-order chi connectivity index (χ1) is 12.1. The van der Waals surface area contributed by atoms with Gasteiger partial charge in [-0.05, 0) is 42.5 Å². The van der Waals surface area contributed by atoms with Crippen molar-refractivity contribution < 1.29 is 31.6 Å². The van der Waals surface area contributed by atoms with Gasteiger partial charge in [0.15, 0.2) is 0 Å². The van der Waals surface area contributed by atoms with Crippen LogP contribution in [-0.4, -0.2) is 24.3 Å². The maximum absolute atomic E-state index is 13.3. The molecule has 0 fully saturated rings. The minimum absolute atomic E-state index is 0.0661. The van der Waals surface area contributed by atoms with Gasteiger partial charge in [-0.15, -0.1) is 0 Å². The molecule has 0 aliphatic carbocycles. The third-order valence-electron chi connectivity index (χ3n) is 3.37. The van der Waals surface area contributed by atoms with E-state index in [2.05, 4.69) is 9.10 Å². The molecule has 0 saturated carbocycles. The lowest BCUT2D eigenvalue weighted by atomic mass is 10.1. The Kier molecular flexibility index (Phi) is 5.57. The highest BCUT2D eigenvalue weighted by Crippen LogP contribution is 2.39. The predicted octanol–water partition coefficient (Wildman–Crippen LogP) is 3.61. The lowest BCUT2D eigenvalue weighted by Gasteiger charge is -2.15. The summed E-state index contributed by atoms with van der Waals surface area (Å²) in [4.78, 5) is 11.7. The van der Waals surface area contributed by atoms with Gasteiger partial charge in [-0.25, -0.2) is 18.5 Å². The van der Waals surface area contributed by atoms with Crippen molar-refractivity contribution in [2.75, 3.05) is 14.2 Å². The molecule has 1 atom stereocenters. The maximum atomic E-state index is 13.3. The third-order valence-corrected chi connectivity index (χ3v) is 4.86. The van der Waals surface area contributed by atoms with Gasteiger partial charge in [0.05, 0.1) is 23.1 Å². The van der Waals surface area contributed by atoms with Crippen LogP contribution in [0.25, 0.3) is 0 Å². The zero-order valence-corrected chi connectivity index (χ0v) is 14.6. The number of methoxy groups -OCH3 is 1. The van der Waals surface area contributed by atoms with Crippen LogP contribution >= 0.6 is 0 Å². The molecule has 0 aliphatic rings. The summed E-state index contributed by atoms with van der Waals surface area (Å²) in [6.45, 7) is 0. The molecule has 0 aromatic heterocycles. The standard InChI is InChI=1S/C16H15F3N2O4S/c1-21-26(20,23)12-6-4-11(5-7-12)25-14-8-3-10(15(22)24-2)9-13(14)16(17,18)19/h3-9H,1-2H3,(H2,20,21,23). The number of alkyl halides is 3. The Balaban J connectivity index is 2.40. The first-order valence-corrected chi connectivity index (χ1v) is 8.67. The summed E-state index contributed by atoms with van der Waals surface area (Å²) in [5.74, 6) is -1.32. The molecule has 0 saturated heterocycles. The largest absolute Gasteiger partial charge is 0.465 e. The van der Waals surface area contributed by atoms with Crippen LogP contribution in [0, 0.1) is 0 Å². The van der Waals surface area contributed by atoms with Gasteiger partial charge in [0, 0.05) is 7.05 Å². The summed E-state index contributed by atoms with van der Waals surface area (Å²) in [6, 6.07) is 8.17. The number of carbonyl (C=O) groups excluding carboxylic acids is 1. The van der Waals surface area contributed by atoms with Crippen molar-refractivity contribution in [2.45, 2.75) is 11.1 Å². The SMILES string of the molecule is CN=S(N)(=O)c1ccc(Oc2ccc(C(=O)OC)cc2C(F)(F)F)cc1. The lowest BCUT2D eigenvalue weighted by molar-refractivity contribution is -0.138. The number of hydrogen-bond acceptors (Lipinski definition) is 5. The lowest BCUT2D eigenvalue weighted by Crippen LogP contribution is -2.12. The average molecular weight is 388 g/mol. The van der Waals surface area contributed by atoms with Gasteiger partial charge in [-0.1, -0.05) is 0 Å². The number of esters is 1. The molecular formula is C16H15F3N2O4S. The summed E-state index contributed by atoms with van der Waals surface area (Å²) in [6.07, 6.45) is -4.74. The van der Waals surface area contributed by atoms with E-state index in [0.29, 0.717) is 6.07 Å². The Hall–Kier alpha value is -2.59. The molecule has 2 N–H and O–H groups in total. The van der Waals surface area contributed by atoms with E-state index in [1.807, 2.05) is 0 Å². The number of nitrogens with zero attached hydrogens (tertiary/aromatic N) is 1. The number of hydrogen-bond donors (Lipinski definition) is 1. The molecule has 0 amide bonds. The van der Waals surface area contributed by atoms with Gasteiger partial charge in [-0.2, -0.15) is 13.2 Å². The first kappa shape index (κ1) is 19.7. The van der Waals surface area contributed by atoms with Crippen molar-refractivity contribution in [3.63, 3.8) is 0 Å². The number of benzene rings is 2.